The zero-order valence-electron chi connectivity index (χ0n) is 20.5. The van der Waals surface area contributed by atoms with Crippen molar-refractivity contribution in [3.8, 4) is 28.7 Å². The Morgan fingerprint density at radius 1 is 0.975 bits per heavy atom. The normalized spacial score (nSPS) is 11.7. The summed E-state index contributed by atoms with van der Waals surface area (Å²) < 4.78 is 29.8. The van der Waals surface area contributed by atoms with E-state index in [0.717, 1.165) is 10.0 Å². The standard InChI is InChI=1S/C29H19BrN4O4S2/c30-22-10-6-20(7-11-22)27(35)34-29-26(19-4-2-1-3-5-19)33-28(39-29)21(17-31)16-23-12-15-25(38-23)18-8-13-24(14-9-18)40(32,36)37/h1-16H,(H,34,35)(H2,32,36,37)/b21-16+. The number of hydrogen-bond acceptors (Lipinski definition) is 7. The van der Waals surface area contributed by atoms with Crippen molar-refractivity contribution in [1.29, 1.82) is 5.26 Å². The number of furan rings is 1. The third-order valence-corrected chi connectivity index (χ3v) is 8.20. The smallest absolute Gasteiger partial charge is 0.256 e. The van der Waals surface area contributed by atoms with Crippen LogP contribution in [-0.2, 0) is 10.0 Å². The number of carbonyl (C=O) groups is 1. The number of sulfonamides is 1. The quantitative estimate of drug-likeness (QED) is 0.190. The molecule has 8 nitrogen and oxygen atoms in total. The monoisotopic (exact) mass is 630 g/mol. The first kappa shape index (κ1) is 27.2. The van der Waals surface area contributed by atoms with Crippen molar-refractivity contribution in [3.05, 3.63) is 112 Å². The number of hydrogen-bond donors (Lipinski definition) is 2. The van der Waals surface area contributed by atoms with Crippen LogP contribution in [0.5, 0.6) is 0 Å². The molecule has 0 aliphatic heterocycles. The maximum absolute atomic E-state index is 13.0. The third-order valence-electron chi connectivity index (χ3n) is 5.74. The highest BCUT2D eigenvalue weighted by Gasteiger charge is 2.19. The van der Waals surface area contributed by atoms with Gasteiger partial charge in [-0.3, -0.25) is 4.79 Å². The van der Waals surface area contributed by atoms with Gasteiger partial charge < -0.3 is 9.73 Å². The molecule has 0 aliphatic carbocycles. The Labute approximate surface area is 242 Å². The molecule has 0 radical (unpaired) electrons. The lowest BCUT2D eigenvalue weighted by atomic mass is 10.1. The summed E-state index contributed by atoms with van der Waals surface area (Å²) in [5.41, 5.74) is 2.70. The van der Waals surface area contributed by atoms with Gasteiger partial charge in [0.25, 0.3) is 5.91 Å². The largest absolute Gasteiger partial charge is 0.457 e. The number of nitriles is 1. The Balaban J connectivity index is 1.47. The Bertz CT molecular complexity index is 1870. The highest BCUT2D eigenvalue weighted by molar-refractivity contribution is 9.10. The van der Waals surface area contributed by atoms with E-state index < -0.39 is 10.0 Å². The van der Waals surface area contributed by atoms with E-state index in [0.29, 0.717) is 38.4 Å². The zero-order valence-corrected chi connectivity index (χ0v) is 23.8. The molecule has 5 aromatic rings. The number of benzene rings is 3. The van der Waals surface area contributed by atoms with Crippen LogP contribution in [0.25, 0.3) is 34.2 Å². The van der Waals surface area contributed by atoms with Gasteiger partial charge in [-0.25, -0.2) is 18.5 Å². The molecule has 2 heterocycles. The molecule has 3 aromatic carbocycles. The van der Waals surface area contributed by atoms with Crippen molar-refractivity contribution in [1.82, 2.24) is 4.98 Å². The molecule has 11 heteroatoms. The number of nitrogens with zero attached hydrogens (tertiary/aromatic N) is 2. The topological polar surface area (TPSA) is 139 Å². The number of allylic oxidation sites excluding steroid dienone is 1. The van der Waals surface area contributed by atoms with Crippen molar-refractivity contribution in [3.63, 3.8) is 0 Å². The fourth-order valence-corrected chi connectivity index (χ4v) is 5.50. The van der Waals surface area contributed by atoms with E-state index in [9.17, 15) is 18.5 Å². The highest BCUT2D eigenvalue weighted by atomic mass is 79.9. The van der Waals surface area contributed by atoms with Crippen LogP contribution in [0.3, 0.4) is 0 Å². The van der Waals surface area contributed by atoms with Crippen molar-refractivity contribution in [2.45, 2.75) is 4.90 Å². The van der Waals surface area contributed by atoms with Crippen LogP contribution in [-0.4, -0.2) is 19.3 Å². The summed E-state index contributed by atoms with van der Waals surface area (Å²) in [5.74, 6) is 0.585. The molecule has 0 atom stereocenters. The fraction of sp³-hybridized carbons (Fsp3) is 0. The molecule has 0 saturated heterocycles. The number of aromatic nitrogens is 1. The van der Waals surface area contributed by atoms with Crippen molar-refractivity contribution in [2.24, 2.45) is 5.14 Å². The summed E-state index contributed by atoms with van der Waals surface area (Å²) in [7, 11) is -3.80. The lowest BCUT2D eigenvalue weighted by Gasteiger charge is -2.05. The number of rotatable bonds is 7. The molecule has 40 heavy (non-hydrogen) atoms. The first-order valence-corrected chi connectivity index (χ1v) is 14.9. The van der Waals surface area contributed by atoms with Crippen LogP contribution in [0.15, 0.2) is 105 Å². The van der Waals surface area contributed by atoms with E-state index in [4.69, 9.17) is 14.5 Å². The van der Waals surface area contributed by atoms with Crippen LogP contribution >= 0.6 is 27.3 Å². The van der Waals surface area contributed by atoms with Gasteiger partial charge in [0, 0.05) is 27.2 Å². The van der Waals surface area contributed by atoms with E-state index >= 15 is 0 Å². The van der Waals surface area contributed by atoms with Gasteiger partial charge in [-0.1, -0.05) is 57.6 Å². The predicted octanol–water partition coefficient (Wildman–Crippen LogP) is 6.80. The SMILES string of the molecule is N#C/C(=C\c1ccc(-c2ccc(S(N)(=O)=O)cc2)o1)c1nc(-c2ccccc2)c(NC(=O)c2ccc(Br)cc2)s1. The Morgan fingerprint density at radius 3 is 2.33 bits per heavy atom. The molecule has 0 unspecified atom stereocenters. The molecule has 0 bridgehead atoms. The van der Waals surface area contributed by atoms with Crippen LogP contribution < -0.4 is 10.5 Å². The van der Waals surface area contributed by atoms with Crippen molar-refractivity contribution >= 4 is 59.8 Å². The number of thiazole rings is 1. The van der Waals surface area contributed by atoms with Crippen LogP contribution in [0.4, 0.5) is 5.00 Å². The Kier molecular flexibility index (Phi) is 7.77. The lowest BCUT2D eigenvalue weighted by Crippen LogP contribution is -2.11. The van der Waals surface area contributed by atoms with E-state index in [1.165, 1.54) is 23.5 Å². The summed E-state index contributed by atoms with van der Waals surface area (Å²) in [4.78, 5) is 17.7. The maximum atomic E-state index is 13.0. The molecule has 0 aliphatic rings. The van der Waals surface area contributed by atoms with Crippen molar-refractivity contribution in [2.75, 3.05) is 5.32 Å². The second-order valence-corrected chi connectivity index (χ2v) is 11.9. The molecule has 5 rings (SSSR count). The number of nitrogens with two attached hydrogens (primary N) is 1. The first-order chi connectivity index (χ1) is 19.2. The highest BCUT2D eigenvalue weighted by Crippen LogP contribution is 2.37. The molecule has 2 aromatic heterocycles. The maximum Gasteiger partial charge on any atom is 0.256 e. The summed E-state index contributed by atoms with van der Waals surface area (Å²) in [5, 5.41) is 19.0. The van der Waals surface area contributed by atoms with Gasteiger partial charge in [-0.15, -0.1) is 0 Å². The Morgan fingerprint density at radius 2 is 1.68 bits per heavy atom. The fourth-order valence-electron chi connectivity index (χ4n) is 3.77. The van der Waals surface area contributed by atoms with Gasteiger partial charge >= 0.3 is 0 Å². The van der Waals surface area contributed by atoms with Crippen LogP contribution in [0.1, 0.15) is 21.1 Å². The van der Waals surface area contributed by atoms with Gasteiger partial charge in [-0.2, -0.15) is 5.26 Å². The third kappa shape index (κ3) is 6.11. The molecular formula is C29H19BrN4O4S2. The van der Waals surface area contributed by atoms with E-state index in [2.05, 4.69) is 27.3 Å². The molecule has 1 amide bonds. The zero-order chi connectivity index (χ0) is 28.3. The molecular weight excluding hydrogens is 612 g/mol. The van der Waals surface area contributed by atoms with Gasteiger partial charge in [0.1, 0.15) is 33.3 Å². The van der Waals surface area contributed by atoms with E-state index in [-0.39, 0.29) is 16.4 Å². The summed E-state index contributed by atoms with van der Waals surface area (Å²) in [6.45, 7) is 0. The second-order valence-electron chi connectivity index (χ2n) is 8.47. The van der Waals surface area contributed by atoms with E-state index in [1.54, 1.807) is 54.6 Å². The van der Waals surface area contributed by atoms with Crippen molar-refractivity contribution < 1.29 is 17.6 Å². The van der Waals surface area contributed by atoms with Gasteiger partial charge in [0.2, 0.25) is 10.0 Å². The number of primary sulfonamides is 1. The lowest BCUT2D eigenvalue weighted by molar-refractivity contribution is 0.102. The van der Waals surface area contributed by atoms with Gasteiger partial charge in [0.15, 0.2) is 0 Å². The summed E-state index contributed by atoms with van der Waals surface area (Å²) >= 11 is 4.56. The number of amides is 1. The second kappa shape index (κ2) is 11.4. The minimum Gasteiger partial charge on any atom is -0.457 e. The summed E-state index contributed by atoms with van der Waals surface area (Å²) in [6.07, 6.45) is 1.57. The van der Waals surface area contributed by atoms with Gasteiger partial charge in [-0.05, 0) is 60.7 Å². The molecule has 0 saturated carbocycles. The Hall–Kier alpha value is -4.34. The minimum absolute atomic E-state index is 0.00397. The number of halogens is 1. The predicted molar refractivity (Wildman–Crippen MR) is 159 cm³/mol. The molecule has 3 N–H and O–H groups in total. The van der Waals surface area contributed by atoms with Gasteiger partial charge in [0.05, 0.1) is 10.5 Å². The summed E-state index contributed by atoms with van der Waals surface area (Å²) in [6, 6.07) is 27.9. The molecule has 0 fully saturated rings. The average molecular weight is 632 g/mol. The number of carbonyl (C=O) groups excluding carboxylic acids is 1. The number of nitrogens with one attached hydrogen (secondary N) is 1. The minimum atomic E-state index is -3.80. The number of anilines is 1. The van der Waals surface area contributed by atoms with E-state index in [1.807, 2.05) is 30.3 Å². The van der Waals surface area contributed by atoms with Crippen LogP contribution in [0, 0.1) is 11.3 Å². The average Bonchev–Trinajstić information content (AvgIpc) is 3.59. The molecule has 198 valence electrons. The molecule has 0 spiro atoms. The van der Waals surface area contributed by atoms with Crippen LogP contribution in [0.2, 0.25) is 0 Å². The first-order valence-electron chi connectivity index (χ1n) is 11.7.